The summed E-state index contributed by atoms with van der Waals surface area (Å²) in [4.78, 5) is 2.42. The molecule has 3 rings (SSSR count). The number of nitrogens with one attached hydrogen (secondary N) is 1. The van der Waals surface area contributed by atoms with E-state index in [1.54, 1.807) is 7.11 Å². The molecule has 0 amide bonds. The molecule has 27 heavy (non-hydrogen) atoms. The molecular formula is C21H32N4O2. The minimum absolute atomic E-state index is 0.259. The maximum Gasteiger partial charge on any atom is 0.123 e. The minimum atomic E-state index is 0.259. The zero-order valence-electron chi connectivity index (χ0n) is 17.0. The number of methoxy groups -OCH3 is 1. The molecule has 6 nitrogen and oxygen atoms in total. The van der Waals surface area contributed by atoms with E-state index in [0.29, 0.717) is 0 Å². The molecule has 1 aromatic carbocycles. The summed E-state index contributed by atoms with van der Waals surface area (Å²) in [6.45, 7) is 12.6. The van der Waals surface area contributed by atoms with Gasteiger partial charge in [-0.1, -0.05) is 6.07 Å². The van der Waals surface area contributed by atoms with Crippen LogP contribution in [0, 0.1) is 6.92 Å². The lowest BCUT2D eigenvalue weighted by atomic mass is 10.1. The Bertz CT molecular complexity index is 738. The van der Waals surface area contributed by atoms with Crippen LogP contribution in [0.4, 0.5) is 0 Å². The molecule has 0 bridgehead atoms. The van der Waals surface area contributed by atoms with Gasteiger partial charge in [0, 0.05) is 56.1 Å². The summed E-state index contributed by atoms with van der Waals surface area (Å²) in [5, 5.41) is 8.19. The molecule has 1 fully saturated rings. The molecular weight excluding hydrogens is 340 g/mol. The monoisotopic (exact) mass is 372 g/mol. The van der Waals surface area contributed by atoms with Gasteiger partial charge in [0.05, 0.1) is 26.0 Å². The average molecular weight is 373 g/mol. The van der Waals surface area contributed by atoms with Crippen molar-refractivity contribution < 1.29 is 9.47 Å². The first-order valence-electron chi connectivity index (χ1n) is 9.84. The Morgan fingerprint density at radius 1 is 1.30 bits per heavy atom. The molecule has 1 saturated heterocycles. The van der Waals surface area contributed by atoms with E-state index in [1.165, 1.54) is 16.7 Å². The molecule has 0 radical (unpaired) electrons. The van der Waals surface area contributed by atoms with E-state index in [4.69, 9.17) is 9.47 Å². The Labute approximate surface area is 162 Å². The largest absolute Gasteiger partial charge is 0.496 e. The first-order valence-corrected chi connectivity index (χ1v) is 9.84. The maximum atomic E-state index is 5.58. The van der Waals surface area contributed by atoms with Gasteiger partial charge >= 0.3 is 0 Å². The zero-order valence-corrected chi connectivity index (χ0v) is 17.0. The van der Waals surface area contributed by atoms with Gasteiger partial charge in [-0.2, -0.15) is 5.10 Å². The van der Waals surface area contributed by atoms with Gasteiger partial charge in [0.25, 0.3) is 0 Å². The summed E-state index contributed by atoms with van der Waals surface area (Å²) < 4.78 is 13.0. The molecule has 0 spiro atoms. The van der Waals surface area contributed by atoms with Crippen molar-refractivity contribution in [2.24, 2.45) is 0 Å². The molecule has 1 aliphatic heterocycles. The summed E-state index contributed by atoms with van der Waals surface area (Å²) >= 11 is 0. The summed E-state index contributed by atoms with van der Waals surface area (Å²) in [7, 11) is 1.74. The zero-order chi connectivity index (χ0) is 19.2. The quantitative estimate of drug-likeness (QED) is 0.772. The van der Waals surface area contributed by atoms with Gasteiger partial charge in [-0.15, -0.1) is 0 Å². The second-order valence-corrected chi connectivity index (χ2v) is 7.16. The van der Waals surface area contributed by atoms with Crippen LogP contribution >= 0.6 is 0 Å². The van der Waals surface area contributed by atoms with Crippen molar-refractivity contribution in [3.63, 3.8) is 0 Å². The molecule has 1 N–H and O–H groups in total. The van der Waals surface area contributed by atoms with Crippen molar-refractivity contribution in [3.05, 3.63) is 46.8 Å². The predicted molar refractivity (Wildman–Crippen MR) is 107 cm³/mol. The number of aryl methyl sites for hydroxylation is 2. The van der Waals surface area contributed by atoms with Crippen molar-refractivity contribution in [2.45, 2.75) is 46.4 Å². The van der Waals surface area contributed by atoms with E-state index in [-0.39, 0.29) is 6.04 Å². The molecule has 0 saturated carbocycles. The van der Waals surface area contributed by atoms with Gasteiger partial charge in [-0.05, 0) is 38.5 Å². The fourth-order valence-corrected chi connectivity index (χ4v) is 3.57. The molecule has 1 atom stereocenters. The molecule has 2 heterocycles. The van der Waals surface area contributed by atoms with Crippen molar-refractivity contribution in [1.29, 1.82) is 0 Å². The van der Waals surface area contributed by atoms with Crippen LogP contribution in [0.2, 0.25) is 0 Å². The highest BCUT2D eigenvalue weighted by molar-refractivity contribution is 5.37. The van der Waals surface area contributed by atoms with Crippen LogP contribution in [-0.2, 0) is 24.4 Å². The number of ether oxygens (including phenoxy) is 2. The number of nitrogens with zero attached hydrogens (tertiary/aromatic N) is 3. The third kappa shape index (κ3) is 5.09. The average Bonchev–Trinajstić information content (AvgIpc) is 3.08. The van der Waals surface area contributed by atoms with Crippen LogP contribution < -0.4 is 10.1 Å². The number of morpholine rings is 1. The summed E-state index contributed by atoms with van der Waals surface area (Å²) in [6, 6.07) is 6.74. The second kappa shape index (κ2) is 9.35. The van der Waals surface area contributed by atoms with Crippen LogP contribution in [0.3, 0.4) is 0 Å². The van der Waals surface area contributed by atoms with Crippen LogP contribution in [-0.4, -0.2) is 48.1 Å². The first kappa shape index (κ1) is 19.9. The molecule has 0 aliphatic carbocycles. The Kier molecular flexibility index (Phi) is 6.88. The van der Waals surface area contributed by atoms with Gasteiger partial charge < -0.3 is 14.8 Å². The van der Waals surface area contributed by atoms with Crippen LogP contribution in [0.15, 0.2) is 24.4 Å². The lowest BCUT2D eigenvalue weighted by molar-refractivity contribution is 0.0339. The highest BCUT2D eigenvalue weighted by Gasteiger charge is 2.15. The van der Waals surface area contributed by atoms with Crippen molar-refractivity contribution in [3.8, 4) is 5.75 Å². The second-order valence-electron chi connectivity index (χ2n) is 7.16. The van der Waals surface area contributed by atoms with Gasteiger partial charge in [0.2, 0.25) is 0 Å². The Morgan fingerprint density at radius 2 is 2.07 bits per heavy atom. The lowest BCUT2D eigenvalue weighted by Crippen LogP contribution is -2.35. The van der Waals surface area contributed by atoms with Gasteiger partial charge in [-0.3, -0.25) is 9.58 Å². The van der Waals surface area contributed by atoms with E-state index >= 15 is 0 Å². The fourth-order valence-electron chi connectivity index (χ4n) is 3.57. The van der Waals surface area contributed by atoms with E-state index in [2.05, 4.69) is 60.5 Å². The fraction of sp³-hybridized carbons (Fsp3) is 0.571. The number of aromatic nitrogens is 2. The number of rotatable bonds is 8. The minimum Gasteiger partial charge on any atom is -0.496 e. The maximum absolute atomic E-state index is 5.58. The third-order valence-corrected chi connectivity index (χ3v) is 5.23. The Morgan fingerprint density at radius 3 is 2.74 bits per heavy atom. The molecule has 1 unspecified atom stereocenters. The van der Waals surface area contributed by atoms with Crippen molar-refractivity contribution >= 4 is 0 Å². The number of hydrogen-bond donors (Lipinski definition) is 1. The van der Waals surface area contributed by atoms with Crippen LogP contribution in [0.5, 0.6) is 5.75 Å². The van der Waals surface area contributed by atoms with Crippen LogP contribution in [0.1, 0.15) is 42.3 Å². The summed E-state index contributed by atoms with van der Waals surface area (Å²) in [6.07, 6.45) is 2.14. The van der Waals surface area contributed by atoms with E-state index in [1.807, 2.05) is 4.68 Å². The molecule has 1 aromatic heterocycles. The van der Waals surface area contributed by atoms with E-state index in [9.17, 15) is 0 Å². The van der Waals surface area contributed by atoms with Crippen LogP contribution in [0.25, 0.3) is 0 Å². The first-order chi connectivity index (χ1) is 13.1. The van der Waals surface area contributed by atoms with E-state index in [0.717, 1.165) is 57.4 Å². The van der Waals surface area contributed by atoms with Gasteiger partial charge in [-0.25, -0.2) is 0 Å². The Hall–Kier alpha value is -1.89. The summed E-state index contributed by atoms with van der Waals surface area (Å²) in [5.41, 5.74) is 4.87. The Balaban J connectivity index is 1.65. The van der Waals surface area contributed by atoms with Crippen molar-refractivity contribution in [2.75, 3.05) is 33.4 Å². The molecule has 148 valence electrons. The summed E-state index contributed by atoms with van der Waals surface area (Å²) in [5.74, 6) is 0.957. The molecule has 2 aromatic rings. The van der Waals surface area contributed by atoms with E-state index < -0.39 is 0 Å². The van der Waals surface area contributed by atoms with Gasteiger partial charge in [0.15, 0.2) is 0 Å². The lowest BCUT2D eigenvalue weighted by Gasteiger charge is -2.27. The van der Waals surface area contributed by atoms with Gasteiger partial charge in [0.1, 0.15) is 5.75 Å². The SMILES string of the molecule is CCn1cc(C(C)NCc2ccc(OC)c(CN3CCOCC3)c2)c(C)n1. The third-order valence-electron chi connectivity index (χ3n) is 5.23. The standard InChI is InChI=1S/C21H32N4O2/c1-5-25-15-20(17(3)23-25)16(2)22-13-18-6-7-21(26-4)19(12-18)14-24-8-10-27-11-9-24/h6-7,12,15-16,22H,5,8-11,13-14H2,1-4H3. The number of benzene rings is 1. The molecule has 6 heteroatoms. The highest BCUT2D eigenvalue weighted by Crippen LogP contribution is 2.23. The number of hydrogen-bond acceptors (Lipinski definition) is 5. The molecule has 1 aliphatic rings. The highest BCUT2D eigenvalue weighted by atomic mass is 16.5. The normalized spacial score (nSPS) is 16.4. The smallest absolute Gasteiger partial charge is 0.123 e. The topological polar surface area (TPSA) is 51.5 Å². The predicted octanol–water partition coefficient (Wildman–Crippen LogP) is 2.90. The van der Waals surface area contributed by atoms with Crippen molar-refractivity contribution in [1.82, 2.24) is 20.0 Å².